The third-order valence-electron chi connectivity index (χ3n) is 1.37. The van der Waals surface area contributed by atoms with Crippen LogP contribution in [0.15, 0.2) is 11.4 Å². The highest BCUT2D eigenvalue weighted by Crippen LogP contribution is 2.28. The Bertz CT molecular complexity index is 256. The molecule has 4 nitrogen and oxygen atoms in total. The third kappa shape index (κ3) is 2.48. The summed E-state index contributed by atoms with van der Waals surface area (Å²) in [6, 6.07) is 0. The molecule has 2 N–H and O–H groups in total. The molecule has 0 saturated carbocycles. The zero-order chi connectivity index (χ0) is 9.68. The Labute approximate surface area is 81.9 Å². The first-order valence-corrected chi connectivity index (χ1v) is 5.14. The van der Waals surface area contributed by atoms with Crippen molar-refractivity contribution < 1.29 is 4.74 Å². The normalized spacial score (nSPS) is 10.0. The second kappa shape index (κ2) is 4.91. The maximum Gasteiger partial charge on any atom is 0.241 e. The van der Waals surface area contributed by atoms with Crippen LogP contribution in [-0.2, 0) is 0 Å². The van der Waals surface area contributed by atoms with Crippen molar-refractivity contribution >= 4 is 17.4 Å². The molecule has 0 aliphatic carbocycles. The van der Waals surface area contributed by atoms with Gasteiger partial charge in [0.2, 0.25) is 5.88 Å². The van der Waals surface area contributed by atoms with E-state index < -0.39 is 0 Å². The monoisotopic (exact) mass is 199 g/mol. The molecule has 0 radical (unpaired) electrons. The van der Waals surface area contributed by atoms with Gasteiger partial charge in [-0.3, -0.25) is 0 Å². The SMILES string of the molecule is CCOc1ncnc(SCC)c1N. The van der Waals surface area contributed by atoms with E-state index in [1.807, 2.05) is 13.8 Å². The maximum atomic E-state index is 5.78. The molecule has 13 heavy (non-hydrogen) atoms. The number of thioether (sulfide) groups is 1. The number of ether oxygens (including phenoxy) is 1. The van der Waals surface area contributed by atoms with Crippen molar-refractivity contribution in [2.75, 3.05) is 18.1 Å². The van der Waals surface area contributed by atoms with Crippen LogP contribution in [-0.4, -0.2) is 22.3 Å². The van der Waals surface area contributed by atoms with E-state index in [9.17, 15) is 0 Å². The lowest BCUT2D eigenvalue weighted by molar-refractivity contribution is 0.327. The fraction of sp³-hybridized carbons (Fsp3) is 0.500. The van der Waals surface area contributed by atoms with Gasteiger partial charge in [-0.2, -0.15) is 4.98 Å². The maximum absolute atomic E-state index is 5.78. The van der Waals surface area contributed by atoms with Gasteiger partial charge in [0.25, 0.3) is 0 Å². The van der Waals surface area contributed by atoms with Crippen LogP contribution in [0.3, 0.4) is 0 Å². The van der Waals surface area contributed by atoms with E-state index in [0.717, 1.165) is 10.8 Å². The summed E-state index contributed by atoms with van der Waals surface area (Å²) in [4.78, 5) is 8.00. The molecule has 0 aliphatic heterocycles. The lowest BCUT2D eigenvalue weighted by atomic mass is 10.5. The van der Waals surface area contributed by atoms with Crippen molar-refractivity contribution in [2.45, 2.75) is 18.9 Å². The quantitative estimate of drug-likeness (QED) is 0.589. The molecule has 0 aliphatic rings. The first kappa shape index (κ1) is 10.1. The van der Waals surface area contributed by atoms with Crippen molar-refractivity contribution in [3.63, 3.8) is 0 Å². The summed E-state index contributed by atoms with van der Waals surface area (Å²) >= 11 is 1.59. The van der Waals surface area contributed by atoms with Crippen LogP contribution in [0.1, 0.15) is 13.8 Å². The zero-order valence-corrected chi connectivity index (χ0v) is 8.60. The highest BCUT2D eigenvalue weighted by Gasteiger charge is 2.07. The Hall–Kier alpha value is -0.970. The van der Waals surface area contributed by atoms with Crippen LogP contribution in [0.25, 0.3) is 0 Å². The lowest BCUT2D eigenvalue weighted by Crippen LogP contribution is -2.02. The Morgan fingerprint density at radius 1 is 1.46 bits per heavy atom. The number of aromatic nitrogens is 2. The highest BCUT2D eigenvalue weighted by molar-refractivity contribution is 7.99. The van der Waals surface area contributed by atoms with Gasteiger partial charge in [-0.25, -0.2) is 4.98 Å². The first-order chi connectivity index (χ1) is 6.29. The molecular weight excluding hydrogens is 186 g/mol. The Balaban J connectivity index is 2.89. The van der Waals surface area contributed by atoms with Crippen LogP contribution >= 0.6 is 11.8 Å². The van der Waals surface area contributed by atoms with Gasteiger partial charge in [0, 0.05) is 0 Å². The summed E-state index contributed by atoms with van der Waals surface area (Å²) in [5, 5.41) is 0.793. The second-order valence-electron chi connectivity index (χ2n) is 2.26. The minimum Gasteiger partial charge on any atom is -0.476 e. The van der Waals surface area contributed by atoms with Crippen molar-refractivity contribution in [3.05, 3.63) is 6.33 Å². The molecular formula is C8H13N3OS. The number of hydrogen-bond donors (Lipinski definition) is 1. The molecule has 1 aromatic heterocycles. The summed E-state index contributed by atoms with van der Waals surface area (Å²) in [6.45, 7) is 4.51. The van der Waals surface area contributed by atoms with Gasteiger partial charge in [-0.15, -0.1) is 11.8 Å². The molecule has 1 heterocycles. The molecule has 1 rings (SSSR count). The van der Waals surface area contributed by atoms with Gasteiger partial charge in [0.1, 0.15) is 17.0 Å². The molecule has 0 bridgehead atoms. The molecule has 0 atom stereocenters. The fourth-order valence-corrected chi connectivity index (χ4v) is 1.51. The van der Waals surface area contributed by atoms with Gasteiger partial charge in [0.15, 0.2) is 0 Å². The lowest BCUT2D eigenvalue weighted by Gasteiger charge is -2.07. The summed E-state index contributed by atoms with van der Waals surface area (Å²) in [6.07, 6.45) is 1.47. The van der Waals surface area contributed by atoms with Crippen molar-refractivity contribution in [3.8, 4) is 5.88 Å². The summed E-state index contributed by atoms with van der Waals surface area (Å²) in [5.74, 6) is 1.42. The smallest absolute Gasteiger partial charge is 0.241 e. The van der Waals surface area contributed by atoms with Crippen molar-refractivity contribution in [2.24, 2.45) is 0 Å². The Kier molecular flexibility index (Phi) is 3.82. The number of nitrogens with two attached hydrogens (primary N) is 1. The molecule has 5 heteroatoms. The number of hydrogen-bond acceptors (Lipinski definition) is 5. The summed E-state index contributed by atoms with van der Waals surface area (Å²) in [5.41, 5.74) is 6.32. The highest BCUT2D eigenvalue weighted by atomic mass is 32.2. The Morgan fingerprint density at radius 3 is 2.85 bits per heavy atom. The van der Waals surface area contributed by atoms with Gasteiger partial charge >= 0.3 is 0 Å². The van der Waals surface area contributed by atoms with E-state index in [2.05, 4.69) is 9.97 Å². The molecule has 0 spiro atoms. The van der Waals surface area contributed by atoms with Gasteiger partial charge in [0.05, 0.1) is 6.61 Å². The predicted molar refractivity (Wildman–Crippen MR) is 54.0 cm³/mol. The number of nitrogens with zero attached hydrogens (tertiary/aromatic N) is 2. The minimum atomic E-state index is 0.480. The topological polar surface area (TPSA) is 61.0 Å². The fourth-order valence-electron chi connectivity index (χ4n) is 0.868. The van der Waals surface area contributed by atoms with E-state index in [-0.39, 0.29) is 0 Å². The average molecular weight is 199 g/mol. The van der Waals surface area contributed by atoms with Crippen LogP contribution < -0.4 is 10.5 Å². The average Bonchev–Trinajstić information content (AvgIpc) is 2.13. The van der Waals surface area contributed by atoms with Gasteiger partial charge in [-0.05, 0) is 12.7 Å². The number of rotatable bonds is 4. The standard InChI is InChI=1S/C8H13N3OS/c1-3-12-7-6(9)8(13-4-2)11-5-10-7/h5H,3-4,9H2,1-2H3. The van der Waals surface area contributed by atoms with Gasteiger partial charge < -0.3 is 10.5 Å². The van der Waals surface area contributed by atoms with E-state index in [1.54, 1.807) is 11.8 Å². The molecule has 0 amide bonds. The molecule has 72 valence electrons. The Morgan fingerprint density at radius 2 is 2.23 bits per heavy atom. The second-order valence-corrected chi connectivity index (χ2v) is 3.52. The van der Waals surface area contributed by atoms with E-state index in [0.29, 0.717) is 18.2 Å². The van der Waals surface area contributed by atoms with Crippen LogP contribution in [0.4, 0.5) is 5.69 Å². The van der Waals surface area contributed by atoms with Gasteiger partial charge in [-0.1, -0.05) is 6.92 Å². The summed E-state index contributed by atoms with van der Waals surface area (Å²) in [7, 11) is 0. The molecule has 0 saturated heterocycles. The minimum absolute atomic E-state index is 0.480. The van der Waals surface area contributed by atoms with Crippen LogP contribution in [0, 0.1) is 0 Å². The van der Waals surface area contributed by atoms with E-state index in [4.69, 9.17) is 10.5 Å². The summed E-state index contributed by atoms with van der Waals surface area (Å²) < 4.78 is 5.23. The van der Waals surface area contributed by atoms with E-state index in [1.165, 1.54) is 6.33 Å². The predicted octanol–water partition coefficient (Wildman–Crippen LogP) is 1.57. The zero-order valence-electron chi connectivity index (χ0n) is 7.78. The van der Waals surface area contributed by atoms with Crippen LogP contribution in [0.2, 0.25) is 0 Å². The van der Waals surface area contributed by atoms with Crippen LogP contribution in [0.5, 0.6) is 5.88 Å². The largest absolute Gasteiger partial charge is 0.476 e. The number of anilines is 1. The van der Waals surface area contributed by atoms with Crippen molar-refractivity contribution in [1.29, 1.82) is 0 Å². The molecule has 0 aromatic carbocycles. The third-order valence-corrected chi connectivity index (χ3v) is 2.26. The van der Waals surface area contributed by atoms with Crippen molar-refractivity contribution in [1.82, 2.24) is 9.97 Å². The number of nitrogen functional groups attached to an aromatic ring is 1. The molecule has 1 aromatic rings. The molecule has 0 unspecified atom stereocenters. The van der Waals surface area contributed by atoms with E-state index >= 15 is 0 Å². The molecule has 0 fully saturated rings. The first-order valence-electron chi connectivity index (χ1n) is 4.15.